The van der Waals surface area contributed by atoms with E-state index in [9.17, 15) is 9.59 Å². The van der Waals surface area contributed by atoms with E-state index in [0.29, 0.717) is 25.5 Å². The Morgan fingerprint density at radius 2 is 1.68 bits per heavy atom. The van der Waals surface area contributed by atoms with Gasteiger partial charge in [0.25, 0.3) is 0 Å². The lowest BCUT2D eigenvalue weighted by Gasteiger charge is -2.38. The van der Waals surface area contributed by atoms with Crippen LogP contribution in [0.4, 0.5) is 5.95 Å². The van der Waals surface area contributed by atoms with E-state index in [2.05, 4.69) is 6.92 Å². The van der Waals surface area contributed by atoms with Gasteiger partial charge in [-0.2, -0.15) is 0 Å². The molecule has 7 nitrogen and oxygen atoms in total. The number of aromatic nitrogens is 2. The van der Waals surface area contributed by atoms with Gasteiger partial charge in [0.05, 0.1) is 30.3 Å². The fourth-order valence-corrected chi connectivity index (χ4v) is 4.93. The van der Waals surface area contributed by atoms with Crippen molar-refractivity contribution in [2.45, 2.75) is 32.7 Å². The Bertz CT molecular complexity index is 1380. The summed E-state index contributed by atoms with van der Waals surface area (Å²) in [5, 5.41) is 0. The second-order valence-corrected chi connectivity index (χ2v) is 9.09. The van der Waals surface area contributed by atoms with Crippen LogP contribution in [0.15, 0.2) is 78.9 Å². The molecule has 0 spiro atoms. The van der Waals surface area contributed by atoms with E-state index in [-0.39, 0.29) is 12.5 Å². The van der Waals surface area contributed by atoms with Crippen LogP contribution in [0.5, 0.6) is 5.75 Å². The lowest BCUT2D eigenvalue weighted by atomic mass is 9.89. The van der Waals surface area contributed by atoms with Crippen molar-refractivity contribution < 1.29 is 19.1 Å². The van der Waals surface area contributed by atoms with E-state index in [1.54, 1.807) is 11.8 Å². The standard InChI is InChI=1S/C30H31N3O4/c1-3-20-37-23-16-14-22(15-17-23)27-26(29(35)36-4-2)28(34)32(19-18-21-10-6-5-7-11-21)30-31-24-12-8-9-13-25(24)33(27)30/h5-17,26-27H,3-4,18-20H2,1-2H3/t26-,27-/m1/s1. The first-order valence-corrected chi connectivity index (χ1v) is 12.8. The fourth-order valence-electron chi connectivity index (χ4n) is 4.93. The summed E-state index contributed by atoms with van der Waals surface area (Å²) in [5.74, 6) is -0.576. The van der Waals surface area contributed by atoms with Gasteiger partial charge >= 0.3 is 5.97 Å². The van der Waals surface area contributed by atoms with Gasteiger partial charge in [0.2, 0.25) is 11.9 Å². The van der Waals surface area contributed by atoms with E-state index in [1.165, 1.54) is 0 Å². The first-order valence-electron chi connectivity index (χ1n) is 12.8. The van der Waals surface area contributed by atoms with Crippen LogP contribution in [0.25, 0.3) is 11.0 Å². The number of amides is 1. The normalized spacial score (nSPS) is 17.0. The van der Waals surface area contributed by atoms with Crippen LogP contribution in [0, 0.1) is 5.92 Å². The largest absolute Gasteiger partial charge is 0.494 e. The number of para-hydroxylation sites is 2. The molecule has 2 heterocycles. The van der Waals surface area contributed by atoms with Crippen molar-refractivity contribution in [2.75, 3.05) is 24.7 Å². The first-order chi connectivity index (χ1) is 18.1. The fraction of sp³-hybridized carbons (Fsp3) is 0.300. The molecule has 0 radical (unpaired) electrons. The van der Waals surface area contributed by atoms with E-state index in [0.717, 1.165) is 34.3 Å². The van der Waals surface area contributed by atoms with E-state index in [4.69, 9.17) is 14.5 Å². The number of imidazole rings is 1. The van der Waals surface area contributed by atoms with E-state index in [1.807, 2.05) is 83.4 Å². The molecule has 1 amide bonds. The maximum Gasteiger partial charge on any atom is 0.321 e. The number of rotatable bonds is 9. The summed E-state index contributed by atoms with van der Waals surface area (Å²) in [4.78, 5) is 33.9. The molecule has 2 atom stereocenters. The molecule has 4 aromatic rings. The SMILES string of the molecule is CCCOc1ccc([C@@H]2[C@@H](C(=O)OCC)C(=O)N(CCc3ccccc3)c3nc4ccccc4n32)cc1. The summed E-state index contributed by atoms with van der Waals surface area (Å²) in [6.45, 7) is 5.03. The van der Waals surface area contributed by atoms with Gasteiger partial charge in [-0.3, -0.25) is 14.5 Å². The van der Waals surface area contributed by atoms with Crippen molar-refractivity contribution in [1.82, 2.24) is 9.55 Å². The van der Waals surface area contributed by atoms with Crippen LogP contribution in [-0.4, -0.2) is 41.2 Å². The number of hydrogen-bond donors (Lipinski definition) is 0. The maximum absolute atomic E-state index is 14.0. The summed E-state index contributed by atoms with van der Waals surface area (Å²) in [5.41, 5.74) is 3.56. The highest BCUT2D eigenvalue weighted by Gasteiger charge is 2.47. The van der Waals surface area contributed by atoms with Crippen LogP contribution in [0.3, 0.4) is 0 Å². The minimum absolute atomic E-state index is 0.195. The summed E-state index contributed by atoms with van der Waals surface area (Å²) < 4.78 is 13.2. The number of anilines is 1. The number of ether oxygens (including phenoxy) is 2. The van der Waals surface area contributed by atoms with Gasteiger partial charge < -0.3 is 14.0 Å². The number of carbonyl (C=O) groups is 2. The van der Waals surface area contributed by atoms with Crippen LogP contribution in [0.2, 0.25) is 0 Å². The van der Waals surface area contributed by atoms with Crippen LogP contribution < -0.4 is 9.64 Å². The number of esters is 1. The average molecular weight is 498 g/mol. The maximum atomic E-state index is 14.0. The minimum atomic E-state index is -1.04. The molecule has 3 aromatic carbocycles. The second kappa shape index (κ2) is 10.9. The molecule has 1 aliphatic heterocycles. The molecular formula is C30H31N3O4. The predicted molar refractivity (Wildman–Crippen MR) is 143 cm³/mol. The van der Waals surface area contributed by atoms with E-state index >= 15 is 0 Å². The highest BCUT2D eigenvalue weighted by Crippen LogP contribution is 2.41. The Labute approximate surface area is 216 Å². The smallest absolute Gasteiger partial charge is 0.321 e. The molecule has 7 heteroatoms. The lowest BCUT2D eigenvalue weighted by molar-refractivity contribution is -0.153. The number of benzene rings is 3. The Hall–Kier alpha value is -4.13. The van der Waals surface area contributed by atoms with Gasteiger partial charge in [0, 0.05) is 6.54 Å². The Morgan fingerprint density at radius 3 is 2.41 bits per heavy atom. The molecule has 0 aliphatic carbocycles. The quantitative estimate of drug-likeness (QED) is 0.235. The molecule has 190 valence electrons. The molecule has 1 aromatic heterocycles. The van der Waals surface area contributed by atoms with Gasteiger partial charge in [-0.1, -0.05) is 61.5 Å². The van der Waals surface area contributed by atoms with Crippen LogP contribution in [0.1, 0.15) is 37.4 Å². The third-order valence-corrected chi connectivity index (χ3v) is 6.65. The lowest BCUT2D eigenvalue weighted by Crippen LogP contribution is -2.50. The Morgan fingerprint density at radius 1 is 0.946 bits per heavy atom. The number of fused-ring (bicyclic) bond motifs is 3. The molecule has 0 fully saturated rings. The summed E-state index contributed by atoms with van der Waals surface area (Å²) >= 11 is 0. The predicted octanol–water partition coefficient (Wildman–Crippen LogP) is 5.18. The molecule has 0 bridgehead atoms. The van der Waals surface area contributed by atoms with Gasteiger partial charge in [-0.15, -0.1) is 0 Å². The van der Waals surface area contributed by atoms with E-state index < -0.39 is 17.9 Å². The molecular weight excluding hydrogens is 466 g/mol. The zero-order valence-corrected chi connectivity index (χ0v) is 21.2. The number of hydrogen-bond acceptors (Lipinski definition) is 5. The minimum Gasteiger partial charge on any atom is -0.494 e. The van der Waals surface area contributed by atoms with Crippen molar-refractivity contribution in [2.24, 2.45) is 5.92 Å². The third kappa shape index (κ3) is 4.81. The highest BCUT2D eigenvalue weighted by atomic mass is 16.5. The molecule has 0 saturated heterocycles. The Balaban J connectivity index is 1.62. The third-order valence-electron chi connectivity index (χ3n) is 6.65. The second-order valence-electron chi connectivity index (χ2n) is 9.09. The monoisotopic (exact) mass is 497 g/mol. The number of carbonyl (C=O) groups excluding carboxylic acids is 2. The van der Waals surface area contributed by atoms with Gasteiger partial charge in [-0.05, 0) is 55.2 Å². The number of nitrogens with zero attached hydrogens (tertiary/aromatic N) is 3. The van der Waals surface area contributed by atoms with Gasteiger partial charge in [0.1, 0.15) is 5.75 Å². The van der Waals surface area contributed by atoms with Crippen molar-refractivity contribution in [3.63, 3.8) is 0 Å². The molecule has 37 heavy (non-hydrogen) atoms. The molecule has 0 N–H and O–H groups in total. The van der Waals surface area contributed by atoms with Crippen molar-refractivity contribution >= 4 is 28.9 Å². The first kappa shape index (κ1) is 24.6. The molecule has 5 rings (SSSR count). The van der Waals surface area contributed by atoms with Gasteiger partial charge in [0.15, 0.2) is 5.92 Å². The summed E-state index contributed by atoms with van der Waals surface area (Å²) in [6, 6.07) is 24.8. The topological polar surface area (TPSA) is 73.7 Å². The summed E-state index contributed by atoms with van der Waals surface area (Å²) in [6.07, 6.45) is 1.55. The zero-order valence-electron chi connectivity index (χ0n) is 21.2. The highest BCUT2D eigenvalue weighted by molar-refractivity contribution is 6.08. The zero-order chi connectivity index (χ0) is 25.8. The molecule has 0 unspecified atom stereocenters. The van der Waals surface area contributed by atoms with Crippen LogP contribution in [-0.2, 0) is 20.7 Å². The molecule has 1 aliphatic rings. The van der Waals surface area contributed by atoms with Crippen LogP contribution >= 0.6 is 0 Å². The van der Waals surface area contributed by atoms with Crippen molar-refractivity contribution in [3.05, 3.63) is 90.0 Å². The van der Waals surface area contributed by atoms with Crippen molar-refractivity contribution in [3.8, 4) is 5.75 Å². The Kier molecular flexibility index (Phi) is 7.21. The average Bonchev–Trinajstić information content (AvgIpc) is 3.31. The van der Waals surface area contributed by atoms with Crippen molar-refractivity contribution in [1.29, 1.82) is 0 Å². The molecule has 0 saturated carbocycles. The summed E-state index contributed by atoms with van der Waals surface area (Å²) in [7, 11) is 0. The van der Waals surface area contributed by atoms with Gasteiger partial charge in [-0.25, -0.2) is 4.98 Å².